The van der Waals surface area contributed by atoms with Crippen LogP contribution in [0.2, 0.25) is 0 Å². The highest BCUT2D eigenvalue weighted by atomic mass is 16.1. The fraction of sp³-hybridized carbons (Fsp3) is 0.923. The predicted octanol–water partition coefficient (Wildman–Crippen LogP) is 2.72. The van der Waals surface area contributed by atoms with Crippen molar-refractivity contribution in [1.29, 1.82) is 0 Å². The second-order valence-corrected chi connectivity index (χ2v) is 5.51. The van der Waals surface area contributed by atoms with Crippen molar-refractivity contribution < 1.29 is 4.79 Å². The van der Waals surface area contributed by atoms with E-state index in [9.17, 15) is 4.79 Å². The van der Waals surface area contributed by atoms with Gasteiger partial charge in [0.2, 0.25) is 0 Å². The highest BCUT2D eigenvalue weighted by Gasteiger charge is 2.31. The molecule has 0 radical (unpaired) electrons. The molecule has 4 atom stereocenters. The second-order valence-electron chi connectivity index (χ2n) is 5.51. The van der Waals surface area contributed by atoms with Crippen LogP contribution in [0, 0.1) is 11.8 Å². The minimum absolute atomic E-state index is 0.306. The Labute approximate surface area is 94.0 Å². The van der Waals surface area contributed by atoms with Crippen LogP contribution in [0.25, 0.3) is 0 Å². The molecule has 1 fully saturated rings. The van der Waals surface area contributed by atoms with Crippen molar-refractivity contribution in [2.75, 3.05) is 6.54 Å². The summed E-state index contributed by atoms with van der Waals surface area (Å²) in [6.07, 6.45) is 2.02. The molecule has 0 saturated carbocycles. The van der Waals surface area contributed by atoms with Gasteiger partial charge in [-0.25, -0.2) is 0 Å². The van der Waals surface area contributed by atoms with Gasteiger partial charge in [0.25, 0.3) is 0 Å². The van der Waals surface area contributed by atoms with E-state index in [0.29, 0.717) is 24.3 Å². The maximum absolute atomic E-state index is 11.1. The number of hydrogen-bond acceptors (Lipinski definition) is 2. The van der Waals surface area contributed by atoms with Gasteiger partial charge in [-0.2, -0.15) is 0 Å². The molecule has 0 bridgehead atoms. The summed E-state index contributed by atoms with van der Waals surface area (Å²) in [5.41, 5.74) is 0. The standard InChI is InChI=1S/C13H25NO/c1-9-6-10(2)13(5)14(8-9)11(3)7-12(4)15/h9-11,13H,6-8H2,1-5H3. The first-order chi connectivity index (χ1) is 6.91. The zero-order valence-electron chi connectivity index (χ0n) is 10.8. The molecule has 1 saturated heterocycles. The van der Waals surface area contributed by atoms with Gasteiger partial charge in [-0.1, -0.05) is 13.8 Å². The lowest BCUT2D eigenvalue weighted by Gasteiger charge is -2.44. The maximum atomic E-state index is 11.1. The Hall–Kier alpha value is -0.370. The number of likely N-dealkylation sites (tertiary alicyclic amines) is 1. The molecule has 0 amide bonds. The van der Waals surface area contributed by atoms with Crippen LogP contribution in [0.3, 0.4) is 0 Å². The third-order valence-corrected chi connectivity index (χ3v) is 3.79. The molecule has 2 heteroatoms. The van der Waals surface area contributed by atoms with Crippen molar-refractivity contribution in [3.63, 3.8) is 0 Å². The van der Waals surface area contributed by atoms with Gasteiger partial charge in [-0.3, -0.25) is 9.69 Å². The molecule has 2 nitrogen and oxygen atoms in total. The summed E-state index contributed by atoms with van der Waals surface area (Å²) in [5.74, 6) is 1.83. The molecule has 0 N–H and O–H groups in total. The molecular formula is C13H25NO. The number of carbonyl (C=O) groups excluding carboxylic acids is 1. The number of Topliss-reactive ketones (excluding diaryl/α,β-unsaturated/α-hetero) is 1. The lowest BCUT2D eigenvalue weighted by atomic mass is 9.84. The van der Waals surface area contributed by atoms with Gasteiger partial charge in [0, 0.05) is 25.0 Å². The molecule has 88 valence electrons. The van der Waals surface area contributed by atoms with Crippen LogP contribution in [-0.2, 0) is 4.79 Å². The number of rotatable bonds is 3. The van der Waals surface area contributed by atoms with Crippen LogP contribution < -0.4 is 0 Å². The number of piperidine rings is 1. The maximum Gasteiger partial charge on any atom is 0.131 e. The molecule has 0 aliphatic carbocycles. The summed E-state index contributed by atoms with van der Waals surface area (Å²) in [4.78, 5) is 13.7. The number of ketones is 1. The van der Waals surface area contributed by atoms with Crippen molar-refractivity contribution in [3.8, 4) is 0 Å². The van der Waals surface area contributed by atoms with Crippen molar-refractivity contribution >= 4 is 5.78 Å². The van der Waals surface area contributed by atoms with E-state index in [1.165, 1.54) is 6.42 Å². The monoisotopic (exact) mass is 211 g/mol. The largest absolute Gasteiger partial charge is 0.300 e. The summed E-state index contributed by atoms with van der Waals surface area (Å²) in [7, 11) is 0. The second kappa shape index (κ2) is 5.11. The molecule has 0 spiro atoms. The molecule has 0 aromatic carbocycles. The first-order valence-corrected chi connectivity index (χ1v) is 6.17. The Morgan fingerprint density at radius 2 is 2.00 bits per heavy atom. The Kier molecular flexibility index (Phi) is 4.32. The lowest BCUT2D eigenvalue weighted by Crippen LogP contribution is -2.50. The van der Waals surface area contributed by atoms with E-state index in [2.05, 4.69) is 32.6 Å². The van der Waals surface area contributed by atoms with Crippen LogP contribution >= 0.6 is 0 Å². The lowest BCUT2D eigenvalue weighted by molar-refractivity contribution is -0.118. The summed E-state index contributed by atoms with van der Waals surface area (Å²) in [6.45, 7) is 12.0. The van der Waals surface area contributed by atoms with E-state index in [-0.39, 0.29) is 0 Å². The topological polar surface area (TPSA) is 20.3 Å². The Morgan fingerprint density at radius 3 is 2.53 bits per heavy atom. The average Bonchev–Trinajstić information content (AvgIpc) is 2.09. The minimum atomic E-state index is 0.306. The van der Waals surface area contributed by atoms with E-state index in [4.69, 9.17) is 0 Å². The highest BCUT2D eigenvalue weighted by Crippen LogP contribution is 2.29. The molecule has 1 rings (SSSR count). The number of hydrogen-bond donors (Lipinski definition) is 0. The Morgan fingerprint density at radius 1 is 1.40 bits per heavy atom. The van der Waals surface area contributed by atoms with Crippen molar-refractivity contribution in [2.45, 2.75) is 59.5 Å². The normalized spacial score (nSPS) is 35.1. The number of nitrogens with zero attached hydrogens (tertiary/aromatic N) is 1. The summed E-state index contributed by atoms with van der Waals surface area (Å²) >= 11 is 0. The van der Waals surface area contributed by atoms with Gasteiger partial charge in [0.1, 0.15) is 5.78 Å². The molecule has 1 heterocycles. The van der Waals surface area contributed by atoms with Gasteiger partial charge in [0.15, 0.2) is 0 Å². The quantitative estimate of drug-likeness (QED) is 0.715. The van der Waals surface area contributed by atoms with Crippen LogP contribution in [0.4, 0.5) is 0 Å². The molecule has 1 aliphatic rings. The zero-order chi connectivity index (χ0) is 11.6. The van der Waals surface area contributed by atoms with E-state index in [1.807, 2.05) is 0 Å². The fourth-order valence-corrected chi connectivity index (χ4v) is 2.87. The van der Waals surface area contributed by atoms with Crippen LogP contribution in [0.5, 0.6) is 0 Å². The van der Waals surface area contributed by atoms with Crippen molar-refractivity contribution in [1.82, 2.24) is 4.90 Å². The molecule has 1 aliphatic heterocycles. The third-order valence-electron chi connectivity index (χ3n) is 3.79. The van der Waals surface area contributed by atoms with Gasteiger partial charge in [0.05, 0.1) is 0 Å². The molecule has 15 heavy (non-hydrogen) atoms. The van der Waals surface area contributed by atoms with E-state index < -0.39 is 0 Å². The summed E-state index contributed by atoms with van der Waals surface area (Å²) in [6, 6.07) is 1.03. The smallest absolute Gasteiger partial charge is 0.131 e. The minimum Gasteiger partial charge on any atom is -0.300 e. The molecular weight excluding hydrogens is 186 g/mol. The third kappa shape index (κ3) is 3.30. The van der Waals surface area contributed by atoms with E-state index in [0.717, 1.165) is 18.4 Å². The zero-order valence-corrected chi connectivity index (χ0v) is 10.8. The van der Waals surface area contributed by atoms with Gasteiger partial charge < -0.3 is 0 Å². The Bertz CT molecular complexity index is 227. The molecule has 0 aromatic heterocycles. The van der Waals surface area contributed by atoms with Crippen LogP contribution in [0.1, 0.15) is 47.5 Å². The van der Waals surface area contributed by atoms with Gasteiger partial charge >= 0.3 is 0 Å². The van der Waals surface area contributed by atoms with Gasteiger partial charge in [-0.15, -0.1) is 0 Å². The first-order valence-electron chi connectivity index (χ1n) is 6.17. The molecule has 4 unspecified atom stereocenters. The first kappa shape index (κ1) is 12.7. The molecule has 0 aromatic rings. The van der Waals surface area contributed by atoms with Crippen LogP contribution in [-0.4, -0.2) is 29.3 Å². The van der Waals surface area contributed by atoms with Crippen LogP contribution in [0.15, 0.2) is 0 Å². The SMILES string of the molecule is CC(=O)CC(C)N1CC(C)CC(C)C1C. The van der Waals surface area contributed by atoms with Gasteiger partial charge in [-0.05, 0) is 39.0 Å². The average molecular weight is 211 g/mol. The predicted molar refractivity (Wildman–Crippen MR) is 63.9 cm³/mol. The van der Waals surface area contributed by atoms with Crippen molar-refractivity contribution in [3.05, 3.63) is 0 Å². The highest BCUT2D eigenvalue weighted by molar-refractivity contribution is 5.76. The number of carbonyl (C=O) groups is 1. The van der Waals surface area contributed by atoms with E-state index in [1.54, 1.807) is 6.92 Å². The Balaban J connectivity index is 2.61. The summed E-state index contributed by atoms with van der Waals surface area (Å²) < 4.78 is 0. The van der Waals surface area contributed by atoms with Crippen molar-refractivity contribution in [2.24, 2.45) is 11.8 Å². The van der Waals surface area contributed by atoms with E-state index >= 15 is 0 Å². The fourth-order valence-electron chi connectivity index (χ4n) is 2.87. The summed E-state index contributed by atoms with van der Waals surface area (Å²) in [5, 5.41) is 0.